The van der Waals surface area contributed by atoms with E-state index in [0.717, 1.165) is 18.7 Å². The van der Waals surface area contributed by atoms with Gasteiger partial charge in [-0.1, -0.05) is 12.8 Å². The van der Waals surface area contributed by atoms with Gasteiger partial charge in [0.05, 0.1) is 24.5 Å². The standard InChI is InChI=1S/C12H19N3O/c13-12-6-5-10(8-14-12)15-7-3-1-2-4-11(15)9-16/h5-6,8,11,16H,1-4,7,9H2,(H2,13,14). The molecule has 0 aromatic carbocycles. The van der Waals surface area contributed by atoms with E-state index in [4.69, 9.17) is 5.73 Å². The van der Waals surface area contributed by atoms with E-state index in [-0.39, 0.29) is 12.6 Å². The Bertz CT molecular complexity index is 326. The quantitative estimate of drug-likeness (QED) is 0.792. The van der Waals surface area contributed by atoms with Gasteiger partial charge in [-0.15, -0.1) is 0 Å². The first-order valence-corrected chi connectivity index (χ1v) is 5.90. The van der Waals surface area contributed by atoms with Crippen LogP contribution in [0.1, 0.15) is 25.7 Å². The number of nitrogens with two attached hydrogens (primary N) is 1. The third-order valence-corrected chi connectivity index (χ3v) is 3.19. The van der Waals surface area contributed by atoms with E-state index in [2.05, 4.69) is 9.88 Å². The van der Waals surface area contributed by atoms with Crippen molar-refractivity contribution in [3.05, 3.63) is 18.3 Å². The Morgan fingerprint density at radius 2 is 2.25 bits per heavy atom. The second kappa shape index (κ2) is 5.16. The Hall–Kier alpha value is -1.29. The lowest BCUT2D eigenvalue weighted by molar-refractivity contribution is 0.255. The molecule has 1 fully saturated rings. The van der Waals surface area contributed by atoms with Crippen molar-refractivity contribution in [2.75, 3.05) is 23.8 Å². The molecular formula is C12H19N3O. The highest BCUT2D eigenvalue weighted by atomic mass is 16.3. The molecule has 0 spiro atoms. The number of rotatable bonds is 2. The molecule has 1 unspecified atom stereocenters. The molecule has 3 N–H and O–H groups in total. The SMILES string of the molecule is Nc1ccc(N2CCCCCC2CO)cn1. The lowest BCUT2D eigenvalue weighted by Gasteiger charge is -2.30. The summed E-state index contributed by atoms with van der Waals surface area (Å²) < 4.78 is 0. The van der Waals surface area contributed by atoms with Gasteiger partial charge in [-0.05, 0) is 25.0 Å². The first-order valence-electron chi connectivity index (χ1n) is 5.90. The van der Waals surface area contributed by atoms with Crippen LogP contribution in [-0.2, 0) is 0 Å². The zero-order chi connectivity index (χ0) is 11.4. The molecule has 16 heavy (non-hydrogen) atoms. The van der Waals surface area contributed by atoms with E-state index >= 15 is 0 Å². The maximum Gasteiger partial charge on any atom is 0.123 e. The van der Waals surface area contributed by atoms with Crippen LogP contribution in [-0.4, -0.2) is 29.3 Å². The van der Waals surface area contributed by atoms with Crippen molar-refractivity contribution in [1.82, 2.24) is 4.98 Å². The van der Waals surface area contributed by atoms with E-state index in [1.54, 1.807) is 6.20 Å². The highest BCUT2D eigenvalue weighted by Gasteiger charge is 2.20. The first kappa shape index (κ1) is 11.2. The molecule has 0 bridgehead atoms. The Morgan fingerprint density at radius 1 is 1.38 bits per heavy atom. The molecule has 0 saturated carbocycles. The molecule has 0 aliphatic carbocycles. The van der Waals surface area contributed by atoms with E-state index < -0.39 is 0 Å². The average Bonchev–Trinajstić information content (AvgIpc) is 2.55. The van der Waals surface area contributed by atoms with Gasteiger partial charge in [0.1, 0.15) is 5.82 Å². The molecule has 1 atom stereocenters. The topological polar surface area (TPSA) is 62.4 Å². The fourth-order valence-electron chi connectivity index (χ4n) is 2.27. The van der Waals surface area contributed by atoms with Gasteiger partial charge in [-0.3, -0.25) is 0 Å². The number of hydrogen-bond donors (Lipinski definition) is 2. The summed E-state index contributed by atoms with van der Waals surface area (Å²) in [6, 6.07) is 4.03. The molecule has 88 valence electrons. The van der Waals surface area contributed by atoms with Crippen LogP contribution in [0.4, 0.5) is 11.5 Å². The first-order chi connectivity index (χ1) is 7.81. The molecule has 1 aromatic rings. The third-order valence-electron chi connectivity index (χ3n) is 3.19. The van der Waals surface area contributed by atoms with Crippen molar-refractivity contribution in [2.45, 2.75) is 31.7 Å². The third kappa shape index (κ3) is 2.44. The van der Waals surface area contributed by atoms with Crippen molar-refractivity contribution in [1.29, 1.82) is 0 Å². The smallest absolute Gasteiger partial charge is 0.123 e. The molecule has 1 aliphatic heterocycles. The summed E-state index contributed by atoms with van der Waals surface area (Å²) in [5.74, 6) is 0.541. The largest absolute Gasteiger partial charge is 0.394 e. The number of hydrogen-bond acceptors (Lipinski definition) is 4. The molecule has 0 amide bonds. The molecule has 0 radical (unpaired) electrons. The van der Waals surface area contributed by atoms with Crippen molar-refractivity contribution < 1.29 is 5.11 Å². The summed E-state index contributed by atoms with van der Waals surface area (Å²) in [6.45, 7) is 1.21. The number of nitrogen functional groups attached to an aromatic ring is 1. The molecule has 1 aromatic heterocycles. The fourth-order valence-corrected chi connectivity index (χ4v) is 2.27. The second-order valence-electron chi connectivity index (χ2n) is 4.32. The fraction of sp³-hybridized carbons (Fsp3) is 0.583. The van der Waals surface area contributed by atoms with Gasteiger partial charge in [0.25, 0.3) is 0 Å². The normalized spacial score (nSPS) is 21.8. The summed E-state index contributed by atoms with van der Waals surface area (Å²) in [5.41, 5.74) is 6.64. The summed E-state index contributed by atoms with van der Waals surface area (Å²) in [7, 11) is 0. The predicted molar refractivity (Wildman–Crippen MR) is 65.3 cm³/mol. The Labute approximate surface area is 96.1 Å². The maximum atomic E-state index is 9.42. The van der Waals surface area contributed by atoms with Crippen molar-refractivity contribution >= 4 is 11.5 Å². The zero-order valence-electron chi connectivity index (χ0n) is 9.47. The monoisotopic (exact) mass is 221 g/mol. The summed E-state index contributed by atoms with van der Waals surface area (Å²) in [5, 5.41) is 9.42. The molecule has 2 rings (SSSR count). The number of nitrogens with zero attached hydrogens (tertiary/aromatic N) is 2. The van der Waals surface area contributed by atoms with Gasteiger partial charge in [0.15, 0.2) is 0 Å². The van der Waals surface area contributed by atoms with Gasteiger partial charge in [0.2, 0.25) is 0 Å². The van der Waals surface area contributed by atoms with Gasteiger partial charge in [0, 0.05) is 6.54 Å². The van der Waals surface area contributed by atoms with Crippen molar-refractivity contribution in [2.24, 2.45) is 0 Å². The molecule has 1 aliphatic rings. The van der Waals surface area contributed by atoms with E-state index in [1.807, 2.05) is 12.1 Å². The van der Waals surface area contributed by atoms with Crippen LogP contribution in [0.5, 0.6) is 0 Å². The molecular weight excluding hydrogens is 202 g/mol. The van der Waals surface area contributed by atoms with E-state index in [9.17, 15) is 5.11 Å². The highest BCUT2D eigenvalue weighted by molar-refractivity contribution is 5.49. The van der Waals surface area contributed by atoms with Crippen molar-refractivity contribution in [3.8, 4) is 0 Å². The predicted octanol–water partition coefficient (Wildman–Crippen LogP) is 1.41. The molecule has 4 heteroatoms. The number of aliphatic hydroxyl groups is 1. The Kier molecular flexibility index (Phi) is 3.62. The van der Waals surface area contributed by atoms with Gasteiger partial charge < -0.3 is 15.7 Å². The minimum atomic E-state index is 0.213. The molecule has 4 nitrogen and oxygen atoms in total. The Balaban J connectivity index is 2.18. The average molecular weight is 221 g/mol. The van der Waals surface area contributed by atoms with Crippen LogP contribution in [0.3, 0.4) is 0 Å². The maximum absolute atomic E-state index is 9.42. The van der Waals surface area contributed by atoms with Crippen molar-refractivity contribution in [3.63, 3.8) is 0 Å². The Morgan fingerprint density at radius 3 is 2.94 bits per heavy atom. The van der Waals surface area contributed by atoms with Crippen LogP contribution < -0.4 is 10.6 Å². The summed E-state index contributed by atoms with van der Waals surface area (Å²) >= 11 is 0. The number of pyridine rings is 1. The van der Waals surface area contributed by atoms with Gasteiger partial charge >= 0.3 is 0 Å². The van der Waals surface area contributed by atoms with Crippen LogP contribution in [0, 0.1) is 0 Å². The summed E-state index contributed by atoms with van der Waals surface area (Å²) in [4.78, 5) is 6.36. The zero-order valence-corrected chi connectivity index (χ0v) is 9.47. The van der Waals surface area contributed by atoms with Crippen LogP contribution in [0.15, 0.2) is 18.3 Å². The second-order valence-corrected chi connectivity index (χ2v) is 4.32. The van der Waals surface area contributed by atoms with Crippen LogP contribution in [0.2, 0.25) is 0 Å². The minimum absolute atomic E-state index is 0.213. The lowest BCUT2D eigenvalue weighted by atomic mass is 10.1. The number of aliphatic hydroxyl groups excluding tert-OH is 1. The number of aromatic nitrogens is 1. The molecule has 2 heterocycles. The summed E-state index contributed by atoms with van der Waals surface area (Å²) in [6.07, 6.45) is 6.48. The van der Waals surface area contributed by atoms with Crippen LogP contribution in [0.25, 0.3) is 0 Å². The highest BCUT2D eigenvalue weighted by Crippen LogP contribution is 2.23. The van der Waals surface area contributed by atoms with Gasteiger partial charge in [-0.25, -0.2) is 4.98 Å². The van der Waals surface area contributed by atoms with E-state index in [0.29, 0.717) is 5.82 Å². The minimum Gasteiger partial charge on any atom is -0.394 e. The molecule has 1 saturated heterocycles. The number of anilines is 2. The van der Waals surface area contributed by atoms with E-state index in [1.165, 1.54) is 19.3 Å². The van der Waals surface area contributed by atoms with Crippen LogP contribution >= 0.6 is 0 Å². The van der Waals surface area contributed by atoms with Gasteiger partial charge in [-0.2, -0.15) is 0 Å². The lowest BCUT2D eigenvalue weighted by Crippen LogP contribution is -2.37.